The molecule has 0 unspecified atom stereocenters. The van der Waals surface area contributed by atoms with E-state index in [-0.39, 0.29) is 4.58 Å². The molecule has 0 rings (SSSR count). The van der Waals surface area contributed by atoms with Crippen molar-refractivity contribution in [3.8, 4) is 0 Å². The van der Waals surface area contributed by atoms with Crippen molar-refractivity contribution in [2.75, 3.05) is 12.5 Å². The van der Waals surface area contributed by atoms with E-state index < -0.39 is 0 Å². The van der Waals surface area contributed by atoms with E-state index in [4.69, 9.17) is 0 Å². The van der Waals surface area contributed by atoms with Gasteiger partial charge in [0.1, 0.15) is 4.58 Å². The van der Waals surface area contributed by atoms with Crippen LogP contribution in [0.2, 0.25) is 0 Å². The van der Waals surface area contributed by atoms with Crippen LogP contribution in [0.3, 0.4) is 0 Å². The minimum absolute atomic E-state index is 0.0139. The molecule has 0 aliphatic rings. The monoisotopic (exact) mass is 135 g/mol. The minimum atomic E-state index is 0.0139. The molecule has 0 heterocycles. The zero-order valence-electron chi connectivity index (χ0n) is 4.30. The van der Waals surface area contributed by atoms with Gasteiger partial charge in [-0.15, -0.1) is 23.5 Å². The van der Waals surface area contributed by atoms with Crippen molar-refractivity contribution in [1.82, 2.24) is 0 Å². The fourth-order valence-corrected chi connectivity index (χ4v) is 1.15. The van der Waals surface area contributed by atoms with Crippen LogP contribution in [0.5, 0.6) is 0 Å². The Hall–Kier alpha value is 0.370. The topological polar surface area (TPSA) is 17.1 Å². The molecule has 0 amide bonds. The molecule has 41 valence electrons. The van der Waals surface area contributed by atoms with Crippen LogP contribution in [-0.4, -0.2) is 23.4 Å². The molecule has 7 heavy (non-hydrogen) atoms. The zero-order chi connectivity index (χ0) is 5.70. The summed E-state index contributed by atoms with van der Waals surface area (Å²) in [6.45, 7) is 0. The van der Waals surface area contributed by atoms with E-state index in [9.17, 15) is 4.79 Å². The number of hydrogen-bond acceptors (Lipinski definition) is 3. The first-order chi connectivity index (χ1) is 3.35. The van der Waals surface area contributed by atoms with E-state index in [1.54, 1.807) is 0 Å². The third-order valence-corrected chi connectivity index (χ3v) is 2.73. The Morgan fingerprint density at radius 1 is 1.43 bits per heavy atom. The van der Waals surface area contributed by atoms with Crippen molar-refractivity contribution in [2.24, 2.45) is 0 Å². The lowest BCUT2D eigenvalue weighted by Crippen LogP contribution is -1.93. The predicted molar refractivity (Wildman–Crippen MR) is 36.5 cm³/mol. The van der Waals surface area contributed by atoms with Gasteiger partial charge >= 0.3 is 0 Å². The Kier molecular flexibility index (Phi) is 4.77. The van der Waals surface area contributed by atoms with Gasteiger partial charge in [0, 0.05) is 0 Å². The van der Waals surface area contributed by atoms with Crippen LogP contribution < -0.4 is 0 Å². The SMILES string of the molecule is CSC([C]=O)SC. The highest BCUT2D eigenvalue weighted by atomic mass is 32.2. The third-order valence-electron chi connectivity index (χ3n) is 0.524. The van der Waals surface area contributed by atoms with Crippen LogP contribution >= 0.6 is 23.5 Å². The average molecular weight is 135 g/mol. The van der Waals surface area contributed by atoms with E-state index in [1.165, 1.54) is 23.5 Å². The molecule has 0 spiro atoms. The fraction of sp³-hybridized carbons (Fsp3) is 0.750. The van der Waals surface area contributed by atoms with Crippen molar-refractivity contribution in [2.45, 2.75) is 4.58 Å². The van der Waals surface area contributed by atoms with Crippen molar-refractivity contribution >= 4 is 29.8 Å². The fourth-order valence-electron chi connectivity index (χ4n) is 0.192. The van der Waals surface area contributed by atoms with Crippen LogP contribution in [0, 0.1) is 0 Å². The van der Waals surface area contributed by atoms with Gasteiger partial charge in [0.25, 0.3) is 0 Å². The third kappa shape index (κ3) is 3.00. The van der Waals surface area contributed by atoms with Crippen molar-refractivity contribution in [3.05, 3.63) is 0 Å². The lowest BCUT2D eigenvalue weighted by Gasteiger charge is -1.96. The number of thioether (sulfide) groups is 2. The van der Waals surface area contributed by atoms with Crippen molar-refractivity contribution < 1.29 is 4.79 Å². The predicted octanol–water partition coefficient (Wildman–Crippen LogP) is 1.15. The second-order valence-electron chi connectivity index (χ2n) is 0.921. The molecule has 0 aliphatic heterocycles. The van der Waals surface area contributed by atoms with Gasteiger partial charge < -0.3 is 0 Å². The van der Waals surface area contributed by atoms with Gasteiger partial charge in [0.2, 0.25) is 6.29 Å². The molecule has 0 N–H and O–H groups in total. The Morgan fingerprint density at radius 3 is 1.86 bits per heavy atom. The summed E-state index contributed by atoms with van der Waals surface area (Å²) in [4.78, 5) is 9.80. The Balaban J connectivity index is 3.16. The van der Waals surface area contributed by atoms with Gasteiger partial charge in [-0.05, 0) is 12.5 Å². The molecule has 0 bridgehead atoms. The first kappa shape index (κ1) is 7.37. The summed E-state index contributed by atoms with van der Waals surface area (Å²) in [5.41, 5.74) is 0. The van der Waals surface area contributed by atoms with Crippen LogP contribution in [0.15, 0.2) is 0 Å². The molecular formula is C4H7OS2. The highest BCUT2D eigenvalue weighted by Crippen LogP contribution is 2.14. The van der Waals surface area contributed by atoms with Crippen LogP contribution in [0.1, 0.15) is 0 Å². The number of rotatable bonds is 3. The number of carbonyl (C=O) groups excluding carboxylic acids is 1. The van der Waals surface area contributed by atoms with E-state index in [0.717, 1.165) is 0 Å². The molecular weight excluding hydrogens is 128 g/mol. The van der Waals surface area contributed by atoms with Crippen LogP contribution in [0.25, 0.3) is 0 Å². The first-order valence-electron chi connectivity index (χ1n) is 1.78. The molecule has 0 saturated heterocycles. The summed E-state index contributed by atoms with van der Waals surface area (Å²) < 4.78 is 0.0139. The summed E-state index contributed by atoms with van der Waals surface area (Å²) in [7, 11) is 0. The molecule has 0 saturated carbocycles. The van der Waals surface area contributed by atoms with Gasteiger partial charge in [-0.2, -0.15) is 0 Å². The van der Waals surface area contributed by atoms with Crippen molar-refractivity contribution in [3.63, 3.8) is 0 Å². The Morgan fingerprint density at radius 2 is 1.86 bits per heavy atom. The minimum Gasteiger partial charge on any atom is -0.289 e. The van der Waals surface area contributed by atoms with E-state index in [1.807, 2.05) is 18.8 Å². The zero-order valence-corrected chi connectivity index (χ0v) is 5.94. The normalized spacial score (nSPS) is 9.57. The molecule has 0 aromatic carbocycles. The smallest absolute Gasteiger partial charge is 0.223 e. The molecule has 3 heteroatoms. The molecule has 0 aromatic heterocycles. The molecule has 1 radical (unpaired) electrons. The van der Waals surface area contributed by atoms with Gasteiger partial charge in [0.15, 0.2) is 0 Å². The maximum atomic E-state index is 9.80. The Bertz CT molecular complexity index is 51.7. The quantitative estimate of drug-likeness (QED) is 0.540. The van der Waals surface area contributed by atoms with Gasteiger partial charge in [-0.1, -0.05) is 0 Å². The maximum absolute atomic E-state index is 9.80. The van der Waals surface area contributed by atoms with Gasteiger partial charge in [0.05, 0.1) is 0 Å². The first-order valence-corrected chi connectivity index (χ1v) is 4.36. The van der Waals surface area contributed by atoms with Crippen molar-refractivity contribution in [1.29, 1.82) is 0 Å². The highest BCUT2D eigenvalue weighted by molar-refractivity contribution is 8.17. The average Bonchev–Trinajstić information content (AvgIpc) is 1.72. The van der Waals surface area contributed by atoms with Crippen LogP contribution in [-0.2, 0) is 4.79 Å². The summed E-state index contributed by atoms with van der Waals surface area (Å²) in [5, 5.41) is 0. The molecule has 0 fully saturated rings. The van der Waals surface area contributed by atoms with Crippen LogP contribution in [0.4, 0.5) is 0 Å². The van der Waals surface area contributed by atoms with E-state index >= 15 is 0 Å². The molecule has 0 aromatic rings. The van der Waals surface area contributed by atoms with E-state index in [0.29, 0.717) is 0 Å². The second kappa shape index (κ2) is 4.53. The van der Waals surface area contributed by atoms with Gasteiger partial charge in [-0.3, -0.25) is 4.79 Å². The second-order valence-corrected chi connectivity index (χ2v) is 3.11. The molecule has 0 atom stereocenters. The van der Waals surface area contributed by atoms with Gasteiger partial charge in [-0.25, -0.2) is 0 Å². The summed E-state index contributed by atoms with van der Waals surface area (Å²) in [6, 6.07) is 0. The summed E-state index contributed by atoms with van der Waals surface area (Å²) >= 11 is 3.02. The lowest BCUT2D eigenvalue weighted by atomic mass is 10.9. The van der Waals surface area contributed by atoms with E-state index in [2.05, 4.69) is 0 Å². The summed E-state index contributed by atoms with van der Waals surface area (Å²) in [5.74, 6) is 0. The number of hydrogen-bond donors (Lipinski definition) is 0. The molecule has 0 aliphatic carbocycles. The largest absolute Gasteiger partial charge is 0.289 e. The molecule has 1 nitrogen and oxygen atoms in total. The summed E-state index contributed by atoms with van der Waals surface area (Å²) in [6.07, 6.45) is 5.67. The standard InChI is InChI=1S/C4H7OS2/c1-6-4(3-5)7-2/h4H,1-2H3. The lowest BCUT2D eigenvalue weighted by molar-refractivity contribution is 0.559. The Labute approximate surface area is 52.2 Å². The highest BCUT2D eigenvalue weighted by Gasteiger charge is 1.99. The maximum Gasteiger partial charge on any atom is 0.223 e.